The van der Waals surface area contributed by atoms with Crippen LogP contribution >= 0.6 is 0 Å². The summed E-state index contributed by atoms with van der Waals surface area (Å²) >= 11 is 0. The summed E-state index contributed by atoms with van der Waals surface area (Å²) in [4.78, 5) is 30.6. The van der Waals surface area contributed by atoms with Gasteiger partial charge in [0, 0.05) is 32.1 Å². The third kappa shape index (κ3) is 3.99. The summed E-state index contributed by atoms with van der Waals surface area (Å²) in [5.74, 6) is -0.287. The molecule has 1 N–H and O–H groups in total. The van der Waals surface area contributed by atoms with Crippen LogP contribution in [0.1, 0.15) is 63.1 Å². The summed E-state index contributed by atoms with van der Waals surface area (Å²) in [6, 6.07) is 8.25. The molecule has 0 spiro atoms. The number of hydrogen-bond acceptors (Lipinski definition) is 4. The number of carbonyl (C=O) groups excluding carboxylic acids is 2. The van der Waals surface area contributed by atoms with E-state index < -0.39 is 0 Å². The smallest absolute Gasteiger partial charge is 0.276 e. The van der Waals surface area contributed by atoms with Crippen molar-refractivity contribution in [2.24, 2.45) is 7.05 Å². The van der Waals surface area contributed by atoms with E-state index in [-0.39, 0.29) is 11.8 Å². The minimum Gasteiger partial charge on any atom is -0.319 e. The molecule has 0 saturated heterocycles. The van der Waals surface area contributed by atoms with Crippen molar-refractivity contribution in [2.75, 3.05) is 16.8 Å². The molecule has 0 fully saturated rings. The van der Waals surface area contributed by atoms with Crippen molar-refractivity contribution in [1.82, 2.24) is 14.7 Å². The van der Waals surface area contributed by atoms with Gasteiger partial charge in [0.2, 0.25) is 5.91 Å². The maximum Gasteiger partial charge on any atom is 0.276 e. The Kier molecular flexibility index (Phi) is 6.61. The van der Waals surface area contributed by atoms with Gasteiger partial charge in [0.15, 0.2) is 5.69 Å². The molecule has 30 heavy (non-hydrogen) atoms. The first-order chi connectivity index (χ1) is 14.3. The van der Waals surface area contributed by atoms with E-state index >= 15 is 0 Å². The average molecular weight is 412 g/mol. The maximum atomic E-state index is 13.6. The highest BCUT2D eigenvalue weighted by Gasteiger charge is 2.34. The van der Waals surface area contributed by atoms with Crippen LogP contribution in [0, 0.1) is 6.92 Å². The molecule has 1 aliphatic rings. The molecule has 1 aromatic heterocycles. The van der Waals surface area contributed by atoms with Crippen LogP contribution in [0.3, 0.4) is 0 Å². The molecule has 2 amide bonds. The largest absolute Gasteiger partial charge is 0.319 e. The highest BCUT2D eigenvalue weighted by molar-refractivity contribution is 6.17. The fourth-order valence-corrected chi connectivity index (χ4v) is 4.19. The van der Waals surface area contributed by atoms with Crippen LogP contribution in [0.15, 0.2) is 24.3 Å². The van der Waals surface area contributed by atoms with Gasteiger partial charge in [-0.2, -0.15) is 5.10 Å². The summed E-state index contributed by atoms with van der Waals surface area (Å²) in [6.45, 7) is 11.3. The Bertz CT molecular complexity index is 926. The summed E-state index contributed by atoms with van der Waals surface area (Å²) in [7, 11) is 1.73. The molecule has 0 radical (unpaired) electrons. The zero-order valence-electron chi connectivity index (χ0n) is 18.9. The number of fused-ring (bicyclic) bond motifs is 2. The van der Waals surface area contributed by atoms with Crippen molar-refractivity contribution < 1.29 is 9.59 Å². The van der Waals surface area contributed by atoms with Gasteiger partial charge in [-0.05, 0) is 45.7 Å². The quantitative estimate of drug-likeness (QED) is 0.739. The van der Waals surface area contributed by atoms with Crippen LogP contribution < -0.4 is 10.2 Å². The monoisotopic (exact) mass is 411 g/mol. The number of amides is 2. The van der Waals surface area contributed by atoms with E-state index in [4.69, 9.17) is 0 Å². The summed E-state index contributed by atoms with van der Waals surface area (Å²) in [6.07, 6.45) is 2.44. The topological polar surface area (TPSA) is 70.5 Å². The van der Waals surface area contributed by atoms with Crippen molar-refractivity contribution in [2.45, 2.75) is 66.0 Å². The Morgan fingerprint density at radius 1 is 1.17 bits per heavy atom. The predicted octanol–water partition coefficient (Wildman–Crippen LogP) is 4.25. The van der Waals surface area contributed by atoms with Crippen molar-refractivity contribution in [3.05, 3.63) is 35.7 Å². The summed E-state index contributed by atoms with van der Waals surface area (Å²) < 4.78 is 1.55. The van der Waals surface area contributed by atoms with Gasteiger partial charge >= 0.3 is 0 Å². The van der Waals surface area contributed by atoms with E-state index in [0.717, 1.165) is 12.8 Å². The molecule has 3 rings (SSSR count). The Morgan fingerprint density at radius 3 is 2.43 bits per heavy atom. The second-order valence-electron chi connectivity index (χ2n) is 8.11. The molecule has 162 valence electrons. The van der Waals surface area contributed by atoms with Crippen molar-refractivity contribution >= 4 is 28.9 Å². The first-order valence-corrected chi connectivity index (χ1v) is 10.8. The summed E-state index contributed by atoms with van der Waals surface area (Å²) in [5.41, 5.74) is 2.95. The van der Waals surface area contributed by atoms with Gasteiger partial charge in [-0.1, -0.05) is 26.0 Å². The Morgan fingerprint density at radius 2 is 1.80 bits per heavy atom. The molecule has 1 aromatic carbocycles. The number of hydrogen-bond donors (Lipinski definition) is 1. The number of rotatable bonds is 7. The number of carbonyl (C=O) groups is 2. The molecule has 0 bridgehead atoms. The van der Waals surface area contributed by atoms with E-state index in [1.54, 1.807) is 16.6 Å². The van der Waals surface area contributed by atoms with Crippen molar-refractivity contribution in [3.8, 4) is 0 Å². The molecule has 7 heteroatoms. The van der Waals surface area contributed by atoms with Crippen LogP contribution in [-0.4, -0.2) is 45.1 Å². The van der Waals surface area contributed by atoms with Crippen LogP contribution in [0.25, 0.3) is 0 Å². The Balaban J connectivity index is 1.99. The SMILES string of the molecule is CCC(C)N(CCC(=O)N1c2ccccc2NC(=O)c2c1c(C)nn2C)C(C)CC. The van der Waals surface area contributed by atoms with Crippen LogP contribution in [0.2, 0.25) is 0 Å². The first kappa shape index (κ1) is 22.0. The van der Waals surface area contributed by atoms with Gasteiger partial charge < -0.3 is 5.32 Å². The van der Waals surface area contributed by atoms with E-state index in [9.17, 15) is 9.59 Å². The molecule has 2 aromatic rings. The van der Waals surface area contributed by atoms with E-state index in [0.29, 0.717) is 53.5 Å². The number of anilines is 3. The minimum absolute atomic E-state index is 0.0343. The lowest BCUT2D eigenvalue weighted by Crippen LogP contribution is -2.42. The Labute approximate surface area is 179 Å². The normalized spacial score (nSPS) is 15.3. The number of nitrogens with zero attached hydrogens (tertiary/aromatic N) is 4. The van der Waals surface area contributed by atoms with Gasteiger partial charge in [0.25, 0.3) is 5.91 Å². The zero-order valence-corrected chi connectivity index (χ0v) is 18.9. The first-order valence-electron chi connectivity index (χ1n) is 10.8. The third-order valence-electron chi connectivity index (χ3n) is 6.17. The molecule has 2 unspecified atom stereocenters. The second-order valence-corrected chi connectivity index (χ2v) is 8.11. The fourth-order valence-electron chi connectivity index (χ4n) is 4.19. The van der Waals surface area contributed by atoms with Crippen molar-refractivity contribution in [1.29, 1.82) is 0 Å². The molecular weight excluding hydrogens is 378 g/mol. The Hall–Kier alpha value is -2.67. The van der Waals surface area contributed by atoms with Crippen LogP contribution in [0.4, 0.5) is 17.1 Å². The maximum absolute atomic E-state index is 13.6. The van der Waals surface area contributed by atoms with Crippen LogP contribution in [0.5, 0.6) is 0 Å². The molecule has 2 atom stereocenters. The third-order valence-corrected chi connectivity index (χ3v) is 6.17. The fraction of sp³-hybridized carbons (Fsp3) is 0.522. The van der Waals surface area contributed by atoms with Crippen molar-refractivity contribution in [3.63, 3.8) is 0 Å². The number of para-hydroxylation sites is 2. The molecular formula is C23H33N5O2. The minimum atomic E-state index is -0.253. The van der Waals surface area contributed by atoms with Gasteiger partial charge in [0.1, 0.15) is 5.69 Å². The molecule has 0 aliphatic carbocycles. The van der Waals surface area contributed by atoms with E-state index in [1.807, 2.05) is 31.2 Å². The van der Waals surface area contributed by atoms with E-state index in [1.165, 1.54) is 0 Å². The van der Waals surface area contributed by atoms with Gasteiger partial charge in [-0.15, -0.1) is 0 Å². The van der Waals surface area contributed by atoms with Gasteiger partial charge in [0.05, 0.1) is 17.1 Å². The lowest BCUT2D eigenvalue weighted by atomic mass is 10.1. The molecule has 0 saturated carbocycles. The molecule has 2 heterocycles. The van der Waals surface area contributed by atoms with E-state index in [2.05, 4.69) is 43.0 Å². The van der Waals surface area contributed by atoms with Gasteiger partial charge in [-0.3, -0.25) is 24.1 Å². The standard InChI is InChI=1S/C23H33N5O2/c1-7-15(3)27(16(4)8-2)14-13-20(29)28-19-12-10-9-11-18(19)24-23(30)22-21(28)17(5)25-26(22)6/h9-12,15-16H,7-8,13-14H2,1-6H3,(H,24,30). The highest BCUT2D eigenvalue weighted by atomic mass is 16.2. The number of aryl methyl sites for hydroxylation is 2. The molecule has 1 aliphatic heterocycles. The predicted molar refractivity (Wildman–Crippen MR) is 120 cm³/mol. The number of nitrogens with one attached hydrogen (secondary N) is 1. The number of benzene rings is 1. The highest BCUT2D eigenvalue weighted by Crippen LogP contribution is 2.39. The van der Waals surface area contributed by atoms with Gasteiger partial charge in [-0.25, -0.2) is 0 Å². The lowest BCUT2D eigenvalue weighted by molar-refractivity contribution is -0.118. The second kappa shape index (κ2) is 9.00. The molecule has 7 nitrogen and oxygen atoms in total. The zero-order chi connectivity index (χ0) is 22.0. The van der Waals surface area contributed by atoms with Crippen LogP contribution in [-0.2, 0) is 11.8 Å². The summed E-state index contributed by atoms with van der Waals surface area (Å²) in [5, 5.41) is 7.35. The number of aromatic nitrogens is 2. The average Bonchev–Trinajstić information content (AvgIpc) is 2.94. The lowest BCUT2D eigenvalue weighted by Gasteiger charge is -2.34.